The molecule has 4 heterocycles. The van der Waals surface area contributed by atoms with Gasteiger partial charge < -0.3 is 0 Å². The first-order valence-corrected chi connectivity index (χ1v) is 15.3. The Bertz CT molecular complexity index is 2570. The second kappa shape index (κ2) is 9.60. The van der Waals surface area contributed by atoms with Crippen molar-refractivity contribution in [3.63, 3.8) is 0 Å². The Morgan fingerprint density at radius 2 is 1.29 bits per heavy atom. The average molecular weight is 580 g/mol. The Hall–Kier alpha value is -5.81. The van der Waals surface area contributed by atoms with Crippen LogP contribution >= 0.6 is 0 Å². The highest BCUT2D eigenvalue weighted by atomic mass is 15.1. The normalized spacial score (nSPS) is 12.2. The summed E-state index contributed by atoms with van der Waals surface area (Å²) in [6, 6.07) is 47.0. The van der Waals surface area contributed by atoms with Crippen molar-refractivity contribution < 1.29 is 0 Å². The van der Waals surface area contributed by atoms with Crippen LogP contribution in [0.5, 0.6) is 0 Å². The Morgan fingerprint density at radius 3 is 2.13 bits per heavy atom. The summed E-state index contributed by atoms with van der Waals surface area (Å²) in [6.07, 6.45) is 1.88. The molecular weight excluding hydrogens is 550 g/mol. The van der Waals surface area contributed by atoms with Gasteiger partial charge in [0.05, 0.1) is 33.1 Å². The van der Waals surface area contributed by atoms with Crippen molar-refractivity contribution >= 4 is 49.5 Å². The highest BCUT2D eigenvalue weighted by Gasteiger charge is 2.26. The predicted octanol–water partition coefficient (Wildman–Crippen LogP) is 9.52. The number of benzene rings is 5. The van der Waals surface area contributed by atoms with Gasteiger partial charge in [-0.15, -0.1) is 0 Å². The maximum absolute atomic E-state index is 5.13. The number of hydrogen-bond acceptors (Lipinski definition) is 3. The topological polar surface area (TPSA) is 48.0 Å². The minimum atomic E-state index is -0.291. The molecule has 0 spiro atoms. The van der Waals surface area contributed by atoms with E-state index in [9.17, 15) is 0 Å². The number of fused-ring (bicyclic) bond motifs is 9. The zero-order chi connectivity index (χ0) is 30.1. The van der Waals surface area contributed by atoms with Crippen LogP contribution in [0.1, 0.15) is 25.0 Å². The van der Waals surface area contributed by atoms with Crippen molar-refractivity contribution in [1.82, 2.24) is 23.9 Å². The molecule has 0 aliphatic rings. The van der Waals surface area contributed by atoms with Gasteiger partial charge in [-0.1, -0.05) is 80.6 Å². The molecule has 9 aromatic rings. The van der Waals surface area contributed by atoms with E-state index < -0.39 is 0 Å². The molecule has 0 amide bonds. The summed E-state index contributed by atoms with van der Waals surface area (Å²) in [5.74, 6) is 0.933. The van der Waals surface area contributed by atoms with Crippen molar-refractivity contribution in [1.29, 1.82) is 0 Å². The van der Waals surface area contributed by atoms with Gasteiger partial charge in [-0.2, -0.15) is 0 Å². The van der Waals surface area contributed by atoms with Crippen LogP contribution in [-0.4, -0.2) is 23.9 Å². The first-order chi connectivity index (χ1) is 22.1. The lowest BCUT2D eigenvalue weighted by molar-refractivity contribution is 0.642. The maximum atomic E-state index is 5.13. The van der Waals surface area contributed by atoms with Gasteiger partial charge in [0, 0.05) is 33.6 Å². The lowest BCUT2D eigenvalue weighted by Crippen LogP contribution is -2.19. The van der Waals surface area contributed by atoms with Crippen LogP contribution in [-0.2, 0) is 5.41 Å². The second-order valence-corrected chi connectivity index (χ2v) is 12.2. The molecule has 214 valence electrons. The fourth-order valence-electron chi connectivity index (χ4n) is 6.83. The Balaban J connectivity index is 1.23. The fraction of sp³-hybridized carbons (Fsp3) is 0.0750. The van der Waals surface area contributed by atoms with E-state index in [1.165, 1.54) is 11.1 Å². The SMILES string of the molecule is CC(C)(c1cccc(-c2nc3ccccc3n2-c2ccccc2)c1)c1ccc2c(c1)c1ncccc1c1nc3ccccc3n21. The van der Waals surface area contributed by atoms with Gasteiger partial charge in [0.2, 0.25) is 0 Å². The molecule has 0 unspecified atom stereocenters. The summed E-state index contributed by atoms with van der Waals surface area (Å²) < 4.78 is 4.54. The van der Waals surface area contributed by atoms with Crippen LogP contribution in [0.2, 0.25) is 0 Å². The van der Waals surface area contributed by atoms with E-state index in [0.717, 1.165) is 66.6 Å². The van der Waals surface area contributed by atoms with E-state index in [1.807, 2.05) is 30.5 Å². The van der Waals surface area contributed by atoms with Gasteiger partial charge in [0.1, 0.15) is 11.5 Å². The highest BCUT2D eigenvalue weighted by Crippen LogP contribution is 2.38. The standard InChI is InChI=1S/C40H29N5/c1-40(2,27-13-10-12-26(24-27)38-42-32-17-6-8-19-35(32)44(38)29-14-4-3-5-15-29)28-21-22-34-31(25-28)37-30(16-11-23-41-37)39-43-33-18-7-9-20-36(33)45(34)39/h3-25H,1-2H3. The van der Waals surface area contributed by atoms with Crippen molar-refractivity contribution in [2.75, 3.05) is 0 Å². The van der Waals surface area contributed by atoms with Crippen LogP contribution in [0.15, 0.2) is 140 Å². The molecule has 0 aliphatic carbocycles. The van der Waals surface area contributed by atoms with Gasteiger partial charge in [0.15, 0.2) is 0 Å². The molecule has 0 N–H and O–H groups in total. The number of pyridine rings is 2. The lowest BCUT2D eigenvalue weighted by atomic mass is 9.77. The first-order valence-electron chi connectivity index (χ1n) is 15.3. The third-order valence-electron chi connectivity index (χ3n) is 9.24. The third kappa shape index (κ3) is 3.84. The molecule has 0 atom stereocenters. The first kappa shape index (κ1) is 25.7. The minimum Gasteiger partial charge on any atom is -0.292 e. The van der Waals surface area contributed by atoms with E-state index in [1.54, 1.807) is 0 Å². The zero-order valence-corrected chi connectivity index (χ0v) is 25.0. The molecule has 0 radical (unpaired) electrons. The van der Waals surface area contributed by atoms with Crippen LogP contribution in [0.25, 0.3) is 66.6 Å². The zero-order valence-electron chi connectivity index (χ0n) is 25.0. The molecule has 0 saturated heterocycles. The van der Waals surface area contributed by atoms with E-state index in [-0.39, 0.29) is 5.41 Å². The highest BCUT2D eigenvalue weighted by molar-refractivity contribution is 6.12. The summed E-state index contributed by atoms with van der Waals surface area (Å²) in [5.41, 5.74) is 11.5. The summed E-state index contributed by atoms with van der Waals surface area (Å²) in [4.78, 5) is 15.0. The molecule has 5 aromatic carbocycles. The third-order valence-corrected chi connectivity index (χ3v) is 9.24. The Kier molecular flexibility index (Phi) is 5.47. The van der Waals surface area contributed by atoms with Gasteiger partial charge >= 0.3 is 0 Å². The lowest BCUT2D eigenvalue weighted by Gasteiger charge is -2.27. The summed E-state index contributed by atoms with van der Waals surface area (Å²) in [5, 5.41) is 2.17. The quantitative estimate of drug-likeness (QED) is 0.195. The van der Waals surface area contributed by atoms with E-state index in [4.69, 9.17) is 15.0 Å². The van der Waals surface area contributed by atoms with Crippen molar-refractivity contribution in [3.8, 4) is 17.1 Å². The van der Waals surface area contributed by atoms with E-state index in [0.29, 0.717) is 0 Å². The van der Waals surface area contributed by atoms with Crippen molar-refractivity contribution in [2.45, 2.75) is 19.3 Å². The van der Waals surface area contributed by atoms with Crippen molar-refractivity contribution in [2.24, 2.45) is 0 Å². The molecule has 5 heteroatoms. The van der Waals surface area contributed by atoms with E-state index in [2.05, 4.69) is 132 Å². The van der Waals surface area contributed by atoms with E-state index >= 15 is 0 Å². The average Bonchev–Trinajstić information content (AvgIpc) is 3.68. The number of hydrogen-bond donors (Lipinski definition) is 0. The predicted molar refractivity (Wildman–Crippen MR) is 184 cm³/mol. The fourth-order valence-corrected chi connectivity index (χ4v) is 6.83. The molecule has 5 nitrogen and oxygen atoms in total. The monoisotopic (exact) mass is 579 g/mol. The molecule has 4 aromatic heterocycles. The number of imidazole rings is 2. The largest absolute Gasteiger partial charge is 0.292 e. The smallest absolute Gasteiger partial charge is 0.147 e. The number of rotatable bonds is 4. The molecule has 9 rings (SSSR count). The summed E-state index contributed by atoms with van der Waals surface area (Å²) in [7, 11) is 0. The van der Waals surface area contributed by atoms with Gasteiger partial charge in [-0.05, 0) is 77.9 Å². The van der Waals surface area contributed by atoms with Crippen LogP contribution in [0, 0.1) is 0 Å². The van der Waals surface area contributed by atoms with Crippen LogP contribution in [0.4, 0.5) is 0 Å². The number of para-hydroxylation sites is 5. The van der Waals surface area contributed by atoms with Crippen LogP contribution < -0.4 is 0 Å². The minimum absolute atomic E-state index is 0.291. The number of aromatic nitrogens is 5. The van der Waals surface area contributed by atoms with Crippen molar-refractivity contribution in [3.05, 3.63) is 151 Å². The summed E-state index contributed by atoms with van der Waals surface area (Å²) in [6.45, 7) is 4.60. The van der Waals surface area contributed by atoms with Gasteiger partial charge in [-0.3, -0.25) is 14.0 Å². The molecule has 0 fully saturated rings. The molecule has 0 saturated carbocycles. The Labute approximate surface area is 260 Å². The second-order valence-electron chi connectivity index (χ2n) is 12.2. The number of nitrogens with zero attached hydrogens (tertiary/aromatic N) is 5. The molecular formula is C40H29N5. The Morgan fingerprint density at radius 1 is 0.556 bits per heavy atom. The van der Waals surface area contributed by atoms with Gasteiger partial charge in [0.25, 0.3) is 0 Å². The molecule has 45 heavy (non-hydrogen) atoms. The molecule has 0 aliphatic heterocycles. The summed E-state index contributed by atoms with van der Waals surface area (Å²) >= 11 is 0. The van der Waals surface area contributed by atoms with Crippen LogP contribution in [0.3, 0.4) is 0 Å². The molecule has 0 bridgehead atoms. The van der Waals surface area contributed by atoms with Gasteiger partial charge in [-0.25, -0.2) is 9.97 Å². The maximum Gasteiger partial charge on any atom is 0.147 e.